The minimum atomic E-state index is -1.35. The number of carboxylic acid groups (broad SMARTS) is 1. The molecule has 0 unspecified atom stereocenters. The van der Waals surface area contributed by atoms with Gasteiger partial charge in [0.1, 0.15) is 10.0 Å². The van der Waals surface area contributed by atoms with E-state index >= 15 is 0 Å². The van der Waals surface area contributed by atoms with Crippen LogP contribution in [-0.2, 0) is 0 Å². The Labute approximate surface area is 151 Å². The minimum absolute atomic E-state index is 0.0118. The zero-order valence-electron chi connectivity index (χ0n) is 12.0. The van der Waals surface area contributed by atoms with Crippen molar-refractivity contribution in [2.45, 2.75) is 0 Å². The summed E-state index contributed by atoms with van der Waals surface area (Å²) in [7, 11) is 1.42. The quantitative estimate of drug-likeness (QED) is 0.406. The number of halogens is 3. The van der Waals surface area contributed by atoms with Gasteiger partial charge in [-0.05, 0) is 23.8 Å². The van der Waals surface area contributed by atoms with Crippen LogP contribution in [0.4, 0.5) is 5.69 Å². The number of aromatic nitrogens is 1. The maximum atomic E-state index is 11.1. The van der Waals surface area contributed by atoms with Crippen LogP contribution in [0.3, 0.4) is 0 Å². The van der Waals surface area contributed by atoms with Crippen LogP contribution in [0.2, 0.25) is 15.2 Å². The standard InChI is InChI=1S/C14H10Cl3N3O4/c1-24-8-4-6(2-3-7(8)21)5-18-20-11-9(15)12(14(22)23)19-13(17)10(11)16/h2-5,21H,1H3,(H,19,20)(H,22,23)/b18-5+. The number of nitrogens with zero attached hydrogens (tertiary/aromatic N) is 2. The predicted octanol–water partition coefficient (Wildman–Crippen LogP) is 3.90. The number of carboxylic acids is 1. The molecule has 1 aromatic heterocycles. The number of phenolic OH excluding ortho intramolecular Hbond substituents is 1. The van der Waals surface area contributed by atoms with Crippen molar-refractivity contribution >= 4 is 52.7 Å². The second-order valence-electron chi connectivity index (χ2n) is 4.36. The highest BCUT2D eigenvalue weighted by atomic mass is 35.5. The van der Waals surface area contributed by atoms with E-state index in [0.29, 0.717) is 5.56 Å². The summed E-state index contributed by atoms with van der Waals surface area (Å²) in [5, 5.41) is 22.0. The van der Waals surface area contributed by atoms with E-state index in [2.05, 4.69) is 15.5 Å². The molecule has 2 aromatic rings. The van der Waals surface area contributed by atoms with Crippen molar-refractivity contribution in [3.8, 4) is 11.5 Å². The molecule has 24 heavy (non-hydrogen) atoms. The number of benzene rings is 1. The number of aromatic carboxylic acids is 1. The van der Waals surface area contributed by atoms with Gasteiger partial charge in [-0.15, -0.1) is 0 Å². The fraction of sp³-hybridized carbons (Fsp3) is 0.0714. The first-order valence-corrected chi connectivity index (χ1v) is 7.42. The van der Waals surface area contributed by atoms with E-state index in [1.807, 2.05) is 0 Å². The highest BCUT2D eigenvalue weighted by Gasteiger charge is 2.20. The number of hydrogen-bond donors (Lipinski definition) is 3. The van der Waals surface area contributed by atoms with Crippen LogP contribution in [0.1, 0.15) is 16.1 Å². The Morgan fingerprint density at radius 3 is 2.67 bits per heavy atom. The van der Waals surface area contributed by atoms with Gasteiger partial charge in [-0.1, -0.05) is 34.8 Å². The van der Waals surface area contributed by atoms with Gasteiger partial charge in [-0.3, -0.25) is 5.43 Å². The molecule has 7 nitrogen and oxygen atoms in total. The topological polar surface area (TPSA) is 104 Å². The van der Waals surface area contributed by atoms with E-state index in [-0.39, 0.29) is 32.4 Å². The highest BCUT2D eigenvalue weighted by molar-refractivity contribution is 6.46. The number of aromatic hydroxyl groups is 1. The third-order valence-corrected chi connectivity index (χ3v) is 3.94. The molecule has 0 saturated heterocycles. The lowest BCUT2D eigenvalue weighted by Gasteiger charge is -2.09. The number of hydrazone groups is 1. The first-order chi connectivity index (χ1) is 11.3. The second-order valence-corrected chi connectivity index (χ2v) is 5.47. The minimum Gasteiger partial charge on any atom is -0.504 e. The van der Waals surface area contributed by atoms with E-state index in [1.54, 1.807) is 12.1 Å². The lowest BCUT2D eigenvalue weighted by Crippen LogP contribution is -2.05. The van der Waals surface area contributed by atoms with Crippen LogP contribution in [0.5, 0.6) is 11.5 Å². The number of carbonyl (C=O) groups is 1. The number of hydrogen-bond acceptors (Lipinski definition) is 6. The second kappa shape index (κ2) is 7.57. The lowest BCUT2D eigenvalue weighted by molar-refractivity contribution is 0.0691. The SMILES string of the molecule is COc1cc(/C=N/Nc2c(Cl)c(Cl)nc(C(=O)O)c2Cl)ccc1O. The van der Waals surface area contributed by atoms with E-state index in [0.717, 1.165) is 0 Å². The molecule has 1 aromatic carbocycles. The summed E-state index contributed by atoms with van der Waals surface area (Å²) in [4.78, 5) is 14.7. The Morgan fingerprint density at radius 2 is 2.04 bits per heavy atom. The van der Waals surface area contributed by atoms with Gasteiger partial charge in [-0.2, -0.15) is 5.10 Å². The summed E-state index contributed by atoms with van der Waals surface area (Å²) in [5.41, 5.74) is 2.70. The zero-order chi connectivity index (χ0) is 17.9. The molecule has 0 aliphatic carbocycles. The van der Waals surface area contributed by atoms with Crippen LogP contribution in [0.15, 0.2) is 23.3 Å². The van der Waals surface area contributed by atoms with Crippen LogP contribution in [-0.4, -0.2) is 34.5 Å². The zero-order valence-corrected chi connectivity index (χ0v) is 14.3. The molecule has 0 radical (unpaired) electrons. The van der Waals surface area contributed by atoms with E-state index < -0.39 is 11.7 Å². The monoisotopic (exact) mass is 389 g/mol. The Kier molecular flexibility index (Phi) is 5.71. The molecule has 0 bridgehead atoms. The van der Waals surface area contributed by atoms with Gasteiger partial charge in [-0.25, -0.2) is 9.78 Å². The maximum absolute atomic E-state index is 11.1. The summed E-state index contributed by atoms with van der Waals surface area (Å²) in [5.74, 6) is -1.09. The fourth-order valence-electron chi connectivity index (χ4n) is 1.70. The van der Waals surface area contributed by atoms with E-state index in [9.17, 15) is 9.90 Å². The first kappa shape index (κ1) is 18.1. The molecular formula is C14H10Cl3N3O4. The Balaban J connectivity index is 2.30. The molecule has 0 fully saturated rings. The van der Waals surface area contributed by atoms with E-state index in [1.165, 1.54) is 19.4 Å². The van der Waals surface area contributed by atoms with Crippen LogP contribution in [0, 0.1) is 0 Å². The number of phenols is 1. The average Bonchev–Trinajstić information content (AvgIpc) is 2.55. The molecule has 10 heteroatoms. The van der Waals surface area contributed by atoms with Crippen molar-refractivity contribution in [1.29, 1.82) is 0 Å². The average molecular weight is 391 g/mol. The summed E-state index contributed by atoms with van der Waals surface area (Å²) < 4.78 is 4.98. The van der Waals surface area contributed by atoms with E-state index in [4.69, 9.17) is 44.6 Å². The molecule has 0 atom stereocenters. The number of pyridine rings is 1. The van der Waals surface area contributed by atoms with Crippen molar-refractivity contribution in [1.82, 2.24) is 4.98 Å². The van der Waals surface area contributed by atoms with Crippen molar-refractivity contribution < 1.29 is 19.7 Å². The van der Waals surface area contributed by atoms with Gasteiger partial charge in [0.25, 0.3) is 0 Å². The largest absolute Gasteiger partial charge is 0.504 e. The van der Waals surface area contributed by atoms with Crippen molar-refractivity contribution in [2.75, 3.05) is 12.5 Å². The van der Waals surface area contributed by atoms with Gasteiger partial charge in [0.05, 0.1) is 19.0 Å². The summed E-state index contributed by atoms with van der Waals surface area (Å²) in [6.07, 6.45) is 1.39. The normalized spacial score (nSPS) is 10.8. The maximum Gasteiger partial charge on any atom is 0.356 e. The fourth-order valence-corrected chi connectivity index (χ4v) is 2.37. The molecule has 0 amide bonds. The molecule has 126 valence electrons. The number of rotatable bonds is 5. The number of ether oxygens (including phenoxy) is 1. The van der Waals surface area contributed by atoms with Crippen LogP contribution in [0.25, 0.3) is 0 Å². The Hall–Kier alpha value is -2.22. The number of methoxy groups -OCH3 is 1. The lowest BCUT2D eigenvalue weighted by atomic mass is 10.2. The van der Waals surface area contributed by atoms with Crippen molar-refractivity contribution in [2.24, 2.45) is 5.10 Å². The van der Waals surface area contributed by atoms with Gasteiger partial charge in [0.15, 0.2) is 22.3 Å². The highest BCUT2D eigenvalue weighted by Crippen LogP contribution is 2.36. The van der Waals surface area contributed by atoms with Crippen LogP contribution < -0.4 is 10.2 Å². The smallest absolute Gasteiger partial charge is 0.356 e. The van der Waals surface area contributed by atoms with Gasteiger partial charge < -0.3 is 14.9 Å². The molecule has 0 spiro atoms. The third kappa shape index (κ3) is 3.81. The Morgan fingerprint density at radius 1 is 1.33 bits per heavy atom. The van der Waals surface area contributed by atoms with Gasteiger partial charge in [0.2, 0.25) is 0 Å². The molecule has 0 saturated carbocycles. The molecule has 2 rings (SSSR count). The Bertz CT molecular complexity index is 827. The molecular weight excluding hydrogens is 381 g/mol. The third-order valence-electron chi connectivity index (χ3n) is 2.83. The molecule has 0 aliphatic rings. The van der Waals surface area contributed by atoms with Crippen molar-refractivity contribution in [3.05, 3.63) is 44.7 Å². The van der Waals surface area contributed by atoms with Gasteiger partial charge >= 0.3 is 5.97 Å². The predicted molar refractivity (Wildman–Crippen MR) is 92.1 cm³/mol. The summed E-state index contributed by atoms with van der Waals surface area (Å²) in [6, 6.07) is 4.58. The van der Waals surface area contributed by atoms with Crippen LogP contribution >= 0.6 is 34.8 Å². The molecule has 1 heterocycles. The van der Waals surface area contributed by atoms with Crippen molar-refractivity contribution in [3.63, 3.8) is 0 Å². The van der Waals surface area contributed by atoms with Gasteiger partial charge in [0, 0.05) is 0 Å². The number of anilines is 1. The number of nitrogens with one attached hydrogen (secondary N) is 1. The summed E-state index contributed by atoms with van der Waals surface area (Å²) >= 11 is 17.7. The summed E-state index contributed by atoms with van der Waals surface area (Å²) in [6.45, 7) is 0. The first-order valence-electron chi connectivity index (χ1n) is 6.29. The molecule has 0 aliphatic heterocycles. The molecule has 3 N–H and O–H groups in total.